The van der Waals surface area contributed by atoms with Crippen molar-refractivity contribution in [3.8, 4) is 0 Å². The van der Waals surface area contributed by atoms with Crippen LogP contribution in [0.25, 0.3) is 0 Å². The van der Waals surface area contributed by atoms with E-state index in [1.54, 1.807) is 11.1 Å². The van der Waals surface area contributed by atoms with Crippen molar-refractivity contribution in [2.75, 3.05) is 46.0 Å². The molecular formula is C34H40S8. The van der Waals surface area contributed by atoms with E-state index in [0.29, 0.717) is 0 Å². The van der Waals surface area contributed by atoms with Gasteiger partial charge >= 0.3 is 0 Å². The summed E-state index contributed by atoms with van der Waals surface area (Å²) in [5.74, 6) is 9.68. The Hall–Kier alpha value is 0.200. The molecule has 3 aliphatic rings. The molecule has 8 heteroatoms. The normalized spacial score (nSPS) is 19.9. The summed E-state index contributed by atoms with van der Waals surface area (Å²) in [5, 5.41) is 6.14. The lowest BCUT2D eigenvalue weighted by Crippen LogP contribution is -2.25. The molecule has 0 spiro atoms. The number of rotatable bonds is 16. The molecule has 1 saturated heterocycles. The van der Waals surface area contributed by atoms with E-state index in [0.717, 1.165) is 57.4 Å². The lowest BCUT2D eigenvalue weighted by atomic mass is 9.95. The van der Waals surface area contributed by atoms with Gasteiger partial charge < -0.3 is 0 Å². The third-order valence-electron chi connectivity index (χ3n) is 7.96. The van der Waals surface area contributed by atoms with E-state index in [1.165, 1.54) is 67.9 Å². The largest absolute Gasteiger partial charge is 0.160 e. The molecule has 2 atom stereocenters. The minimum absolute atomic E-state index is 0.769. The van der Waals surface area contributed by atoms with Crippen LogP contribution < -0.4 is 0 Å². The highest BCUT2D eigenvalue weighted by atomic mass is 32.2. The minimum Gasteiger partial charge on any atom is -0.160 e. The zero-order chi connectivity index (χ0) is 29.3. The van der Waals surface area contributed by atoms with Crippen molar-refractivity contribution < 1.29 is 0 Å². The summed E-state index contributed by atoms with van der Waals surface area (Å²) in [6.45, 7) is 4.51. The highest BCUT2D eigenvalue weighted by Gasteiger charge is 2.22. The Labute approximate surface area is 290 Å². The van der Waals surface area contributed by atoms with Gasteiger partial charge in [0.25, 0.3) is 0 Å². The molecule has 2 unspecified atom stereocenters. The maximum Gasteiger partial charge on any atom is 0.0235 e. The fourth-order valence-electron chi connectivity index (χ4n) is 5.24. The van der Waals surface area contributed by atoms with E-state index in [1.807, 2.05) is 23.5 Å². The van der Waals surface area contributed by atoms with Crippen LogP contribution in [0.1, 0.15) is 46.2 Å². The highest BCUT2D eigenvalue weighted by Crippen LogP contribution is 2.34. The molecule has 0 amide bonds. The molecule has 224 valence electrons. The third-order valence-corrected chi connectivity index (χ3v) is 16.8. The predicted molar refractivity (Wildman–Crippen MR) is 211 cm³/mol. The Morgan fingerprint density at radius 2 is 1.14 bits per heavy atom. The van der Waals surface area contributed by atoms with Gasteiger partial charge in [-0.1, -0.05) is 60.8 Å². The zero-order valence-electron chi connectivity index (χ0n) is 24.5. The molecule has 0 nitrogen and oxygen atoms in total. The lowest BCUT2D eigenvalue weighted by molar-refractivity contribution is 1.06. The number of benzene rings is 2. The molecule has 0 N–H and O–H groups in total. The molecule has 5 rings (SSSR count). The van der Waals surface area contributed by atoms with Crippen LogP contribution in [-0.2, 0) is 12.8 Å². The molecular weight excluding hydrogens is 665 g/mol. The summed E-state index contributed by atoms with van der Waals surface area (Å²) < 4.78 is 0. The van der Waals surface area contributed by atoms with Crippen LogP contribution in [-0.4, -0.2) is 66.3 Å². The molecule has 2 aromatic rings. The second-order valence-corrected chi connectivity index (χ2v) is 18.8. The van der Waals surface area contributed by atoms with Crippen molar-refractivity contribution in [3.63, 3.8) is 0 Å². The molecule has 0 bridgehead atoms. The van der Waals surface area contributed by atoms with Gasteiger partial charge in [-0.2, -0.15) is 47.0 Å². The average molecular weight is 705 g/mol. The maximum absolute atomic E-state index is 5.88. The second-order valence-electron chi connectivity index (χ2n) is 11.1. The Balaban J connectivity index is 0.941. The standard InChI is InChI=1S/C34H40S8/c1-23-27(13-25-15-39-16-25)5-3-7-31(23)33(35)9-11-37-19-29-21-42-30(22-41-29)20-38-12-10-34(36)32-8-4-6-28(24(32)2)14-26-17-40-18-26/h3-8,15,17,29-30H,9-14,16,18-22H2,1-2H3. The first-order valence-corrected chi connectivity index (χ1v) is 22.0. The van der Waals surface area contributed by atoms with Gasteiger partial charge in [-0.15, -0.1) is 23.5 Å². The topological polar surface area (TPSA) is 0 Å². The molecule has 2 aromatic carbocycles. The number of thioether (sulfide) groups is 6. The Morgan fingerprint density at radius 3 is 1.50 bits per heavy atom. The molecule has 0 aromatic heterocycles. The zero-order valence-corrected chi connectivity index (χ0v) is 31.1. The van der Waals surface area contributed by atoms with Crippen LogP contribution in [0.4, 0.5) is 0 Å². The first-order valence-electron chi connectivity index (χ1n) is 14.7. The van der Waals surface area contributed by atoms with E-state index in [2.05, 4.69) is 108 Å². The quantitative estimate of drug-likeness (QED) is 0.0950. The molecule has 0 aliphatic carbocycles. The number of hydrogen-bond donors (Lipinski definition) is 0. The SMILES string of the molecule is Cc1c(CC2=CSC2)cccc1C(=S)CCSCC1CSC(CSCCC(=S)c2cccc(CC3=CSC3)c2C)CS1. The third kappa shape index (κ3) is 9.60. The van der Waals surface area contributed by atoms with Crippen LogP contribution in [0.15, 0.2) is 58.4 Å². The first kappa shape index (κ1) is 33.6. The predicted octanol–water partition coefficient (Wildman–Crippen LogP) is 10.2. The number of hydrogen-bond acceptors (Lipinski definition) is 8. The van der Waals surface area contributed by atoms with Crippen molar-refractivity contribution in [2.45, 2.75) is 50.0 Å². The summed E-state index contributed by atoms with van der Waals surface area (Å²) in [4.78, 5) is 2.27. The smallest absolute Gasteiger partial charge is 0.0235 e. The average Bonchev–Trinajstić information content (AvgIpc) is 2.95. The molecule has 3 aliphatic heterocycles. The second kappa shape index (κ2) is 17.2. The monoisotopic (exact) mass is 704 g/mol. The van der Waals surface area contributed by atoms with E-state index in [9.17, 15) is 0 Å². The van der Waals surface area contributed by atoms with Crippen LogP contribution in [0, 0.1) is 13.8 Å². The number of thiocarbonyl (C=S) groups is 2. The van der Waals surface area contributed by atoms with Crippen LogP contribution >= 0.6 is 95.0 Å². The summed E-state index contributed by atoms with van der Waals surface area (Å²) in [6.07, 6.45) is 4.19. The lowest BCUT2D eigenvalue weighted by Gasteiger charge is -2.27. The fourth-order valence-corrected chi connectivity index (χ4v) is 13.2. The molecule has 1 fully saturated rings. The van der Waals surface area contributed by atoms with Gasteiger partial charge in [-0.3, -0.25) is 0 Å². The van der Waals surface area contributed by atoms with Gasteiger partial charge in [0.05, 0.1) is 0 Å². The Bertz CT molecular complexity index is 1220. The van der Waals surface area contributed by atoms with Crippen LogP contribution in [0.3, 0.4) is 0 Å². The summed E-state index contributed by atoms with van der Waals surface area (Å²) in [5.41, 5.74) is 11.4. The van der Waals surface area contributed by atoms with Crippen molar-refractivity contribution in [1.29, 1.82) is 0 Å². The minimum atomic E-state index is 0.769. The van der Waals surface area contributed by atoms with Gasteiger partial charge in [0, 0.05) is 54.7 Å². The Kier molecular flexibility index (Phi) is 13.8. The van der Waals surface area contributed by atoms with Crippen LogP contribution in [0.2, 0.25) is 0 Å². The van der Waals surface area contributed by atoms with Gasteiger partial charge in [-0.05, 0) is 106 Å². The highest BCUT2D eigenvalue weighted by molar-refractivity contribution is 8.09. The van der Waals surface area contributed by atoms with Crippen molar-refractivity contribution in [3.05, 3.63) is 91.7 Å². The van der Waals surface area contributed by atoms with Crippen LogP contribution in [0.5, 0.6) is 0 Å². The van der Waals surface area contributed by atoms with Crippen molar-refractivity contribution in [1.82, 2.24) is 0 Å². The molecule has 0 radical (unpaired) electrons. The van der Waals surface area contributed by atoms with E-state index in [-0.39, 0.29) is 0 Å². The Morgan fingerprint density at radius 1 is 0.714 bits per heavy atom. The summed E-state index contributed by atoms with van der Waals surface area (Å²) in [7, 11) is 0. The maximum atomic E-state index is 5.88. The first-order chi connectivity index (χ1) is 20.5. The molecule has 0 saturated carbocycles. The summed E-state index contributed by atoms with van der Waals surface area (Å²) in [6, 6.07) is 13.4. The summed E-state index contributed by atoms with van der Waals surface area (Å²) >= 11 is 24.2. The molecule has 42 heavy (non-hydrogen) atoms. The van der Waals surface area contributed by atoms with Gasteiger partial charge in [-0.25, -0.2) is 0 Å². The molecule has 3 heterocycles. The van der Waals surface area contributed by atoms with Crippen molar-refractivity contribution >= 4 is 105 Å². The van der Waals surface area contributed by atoms with Crippen molar-refractivity contribution in [2.24, 2.45) is 0 Å². The fraction of sp³-hybridized carbons (Fsp3) is 0.471. The van der Waals surface area contributed by atoms with Gasteiger partial charge in [0.2, 0.25) is 0 Å². The van der Waals surface area contributed by atoms with Gasteiger partial charge in [0.15, 0.2) is 0 Å². The van der Waals surface area contributed by atoms with Gasteiger partial charge in [0.1, 0.15) is 0 Å². The van der Waals surface area contributed by atoms with E-state index in [4.69, 9.17) is 24.4 Å². The van der Waals surface area contributed by atoms with E-state index < -0.39 is 0 Å². The van der Waals surface area contributed by atoms with E-state index >= 15 is 0 Å².